The Kier molecular flexibility index (Phi) is 5.72. The first kappa shape index (κ1) is 23.4. The first-order valence-electron chi connectivity index (χ1n) is 12.7. The summed E-state index contributed by atoms with van der Waals surface area (Å²) < 4.78 is 21.7. The predicted molar refractivity (Wildman–Crippen MR) is 137 cm³/mol. The van der Waals surface area contributed by atoms with Crippen LogP contribution in [0.25, 0.3) is 10.8 Å². The highest BCUT2D eigenvalue weighted by molar-refractivity contribution is 5.97. The van der Waals surface area contributed by atoms with Gasteiger partial charge in [0.05, 0.1) is 24.4 Å². The van der Waals surface area contributed by atoms with Gasteiger partial charge in [-0.1, -0.05) is 0 Å². The molecule has 3 fully saturated rings. The lowest BCUT2D eigenvalue weighted by molar-refractivity contribution is -0.117. The molecule has 0 radical (unpaired) electrons. The molecule has 1 N–H and O–H groups in total. The van der Waals surface area contributed by atoms with Gasteiger partial charge in [-0.3, -0.25) is 14.4 Å². The fourth-order valence-corrected chi connectivity index (χ4v) is 5.75. The molecule has 2 aromatic heterocycles. The number of anilines is 2. The first-order chi connectivity index (χ1) is 17.3. The largest absolute Gasteiger partial charge is 0.376 e. The minimum absolute atomic E-state index is 0.00323. The maximum Gasteiger partial charge on any atom is 0.229 e. The number of benzene rings is 1. The number of ether oxygens (including phenoxy) is 1. The summed E-state index contributed by atoms with van der Waals surface area (Å²) in [5.41, 5.74) is 2.80. The number of piperazine rings is 1. The molecule has 1 aromatic carbocycles. The number of pyridine rings is 1. The lowest BCUT2D eigenvalue weighted by atomic mass is 9.96. The van der Waals surface area contributed by atoms with Crippen LogP contribution in [0.4, 0.5) is 15.9 Å². The second-order valence-corrected chi connectivity index (χ2v) is 10.7. The van der Waals surface area contributed by atoms with Gasteiger partial charge >= 0.3 is 0 Å². The van der Waals surface area contributed by atoms with Crippen molar-refractivity contribution in [2.45, 2.75) is 37.9 Å². The molecule has 1 aliphatic carbocycles. The van der Waals surface area contributed by atoms with Crippen molar-refractivity contribution in [1.29, 1.82) is 0 Å². The van der Waals surface area contributed by atoms with Gasteiger partial charge < -0.3 is 15.0 Å². The molecule has 2 saturated heterocycles. The molecule has 2 aliphatic heterocycles. The number of nitrogens with zero attached hydrogens (tertiary/aromatic N) is 5. The first-order valence-corrected chi connectivity index (χ1v) is 12.7. The SMILES string of the molecule is Cc1cc2cnc(NC(=O)[C@@H]3C[C@H]3c3ccn(C)n3)cc2cc1N1CCN([C@]2(C)COC[C@@H]2F)CC1. The number of hydrogen-bond acceptors (Lipinski definition) is 6. The molecule has 9 heteroatoms. The van der Waals surface area contributed by atoms with Crippen LogP contribution in [0.1, 0.15) is 30.5 Å². The Labute approximate surface area is 210 Å². The van der Waals surface area contributed by atoms with Gasteiger partial charge in [-0.15, -0.1) is 0 Å². The highest BCUT2D eigenvalue weighted by Gasteiger charge is 2.46. The van der Waals surface area contributed by atoms with E-state index in [-0.39, 0.29) is 24.3 Å². The second kappa shape index (κ2) is 8.81. The number of aromatic nitrogens is 3. The molecule has 0 bridgehead atoms. The van der Waals surface area contributed by atoms with Crippen LogP contribution in [0, 0.1) is 12.8 Å². The minimum atomic E-state index is -0.942. The van der Waals surface area contributed by atoms with E-state index in [0.717, 1.165) is 49.1 Å². The van der Waals surface area contributed by atoms with Gasteiger partial charge in [-0.05, 0) is 55.5 Å². The Morgan fingerprint density at radius 3 is 2.69 bits per heavy atom. The molecular formula is C27H33FN6O2. The number of amides is 1. The summed E-state index contributed by atoms with van der Waals surface area (Å²) in [5.74, 6) is 0.696. The molecule has 0 spiro atoms. The van der Waals surface area contributed by atoms with E-state index in [1.54, 1.807) is 4.68 Å². The number of halogens is 1. The highest BCUT2D eigenvalue weighted by Crippen LogP contribution is 2.47. The van der Waals surface area contributed by atoms with Gasteiger partial charge in [0.2, 0.25) is 5.91 Å². The zero-order valence-corrected chi connectivity index (χ0v) is 21.1. The van der Waals surface area contributed by atoms with Crippen LogP contribution in [0.2, 0.25) is 0 Å². The summed E-state index contributed by atoms with van der Waals surface area (Å²) in [4.78, 5) is 21.9. The Morgan fingerprint density at radius 1 is 1.19 bits per heavy atom. The van der Waals surface area contributed by atoms with E-state index in [2.05, 4.69) is 44.3 Å². The average Bonchev–Trinajstić information content (AvgIpc) is 3.44. The van der Waals surface area contributed by atoms with Gasteiger partial charge in [0.1, 0.15) is 12.0 Å². The molecule has 0 unspecified atom stereocenters. The molecule has 36 heavy (non-hydrogen) atoms. The summed E-state index contributed by atoms with van der Waals surface area (Å²) in [5, 5.41) is 9.53. The van der Waals surface area contributed by atoms with E-state index in [1.165, 1.54) is 11.3 Å². The molecule has 4 heterocycles. The number of carbonyl (C=O) groups is 1. The molecule has 3 aliphatic rings. The second-order valence-electron chi connectivity index (χ2n) is 10.7. The van der Waals surface area contributed by atoms with Crippen LogP contribution in [0.3, 0.4) is 0 Å². The maximum atomic E-state index is 14.5. The summed E-state index contributed by atoms with van der Waals surface area (Å²) in [7, 11) is 1.89. The lowest BCUT2D eigenvalue weighted by Crippen LogP contribution is -2.59. The van der Waals surface area contributed by atoms with Gasteiger partial charge in [-0.2, -0.15) is 5.10 Å². The number of fused-ring (bicyclic) bond motifs is 1. The Bertz CT molecular complexity index is 1300. The van der Waals surface area contributed by atoms with Crippen LogP contribution >= 0.6 is 0 Å². The van der Waals surface area contributed by atoms with E-state index in [1.807, 2.05) is 38.5 Å². The number of alkyl halides is 1. The zero-order valence-electron chi connectivity index (χ0n) is 21.1. The number of nitrogens with one attached hydrogen (secondary N) is 1. The number of hydrogen-bond donors (Lipinski definition) is 1. The molecular weight excluding hydrogens is 459 g/mol. The van der Waals surface area contributed by atoms with Crippen molar-refractivity contribution in [2.24, 2.45) is 13.0 Å². The summed E-state index contributed by atoms with van der Waals surface area (Å²) >= 11 is 0. The third-order valence-corrected chi connectivity index (χ3v) is 8.21. The maximum absolute atomic E-state index is 14.5. The fourth-order valence-electron chi connectivity index (χ4n) is 5.75. The molecule has 4 atom stereocenters. The Balaban J connectivity index is 1.15. The van der Waals surface area contributed by atoms with E-state index >= 15 is 0 Å². The summed E-state index contributed by atoms with van der Waals surface area (Å²) in [6, 6.07) is 8.27. The van der Waals surface area contributed by atoms with E-state index in [4.69, 9.17) is 4.74 Å². The van der Waals surface area contributed by atoms with Gasteiger partial charge in [0.25, 0.3) is 0 Å². The molecule has 1 saturated carbocycles. The molecule has 1 amide bonds. The van der Waals surface area contributed by atoms with Gasteiger partial charge in [-0.25, -0.2) is 9.37 Å². The van der Waals surface area contributed by atoms with Crippen LogP contribution in [0.15, 0.2) is 36.7 Å². The third kappa shape index (κ3) is 4.14. The smallest absolute Gasteiger partial charge is 0.229 e. The molecule has 8 nitrogen and oxygen atoms in total. The van der Waals surface area contributed by atoms with Crippen molar-refractivity contribution < 1.29 is 13.9 Å². The van der Waals surface area contributed by atoms with Crippen LogP contribution in [-0.2, 0) is 16.6 Å². The highest BCUT2D eigenvalue weighted by atomic mass is 19.1. The topological polar surface area (TPSA) is 75.5 Å². The van der Waals surface area contributed by atoms with Crippen LogP contribution in [-0.4, -0.2) is 76.7 Å². The fraction of sp³-hybridized carbons (Fsp3) is 0.519. The standard InChI is InChI=1S/C27H33FN6O2/c1-17-10-19-14-29-25(30-26(35)21-13-20(21)22-4-5-32(3)31-22)12-18(19)11-23(17)33-6-8-34(9-7-33)27(2)16-36-15-24(27)28/h4-5,10-12,14,20-21,24H,6-9,13,15-16H2,1-3H3,(H,29,30,35)/t20-,21-,24+,27-/m1/s1. The number of rotatable bonds is 5. The number of carbonyl (C=O) groups excluding carboxylic acids is 1. The zero-order chi connectivity index (χ0) is 25.0. The third-order valence-electron chi connectivity index (χ3n) is 8.21. The van der Waals surface area contributed by atoms with Gasteiger partial charge in [0, 0.05) is 68.5 Å². The monoisotopic (exact) mass is 492 g/mol. The average molecular weight is 493 g/mol. The van der Waals surface area contributed by atoms with Crippen molar-refractivity contribution in [3.05, 3.63) is 47.9 Å². The lowest BCUT2D eigenvalue weighted by Gasteiger charge is -2.45. The van der Waals surface area contributed by atoms with E-state index < -0.39 is 11.7 Å². The summed E-state index contributed by atoms with van der Waals surface area (Å²) in [6.45, 7) is 8.00. The summed E-state index contributed by atoms with van der Waals surface area (Å²) in [6.07, 6.45) is 3.61. The quantitative estimate of drug-likeness (QED) is 0.589. The van der Waals surface area contributed by atoms with Gasteiger partial charge in [0.15, 0.2) is 0 Å². The van der Waals surface area contributed by atoms with E-state index in [9.17, 15) is 9.18 Å². The van der Waals surface area contributed by atoms with Crippen molar-refractivity contribution in [2.75, 3.05) is 49.6 Å². The van der Waals surface area contributed by atoms with Crippen molar-refractivity contribution in [3.8, 4) is 0 Å². The minimum Gasteiger partial charge on any atom is -0.376 e. The molecule has 190 valence electrons. The molecule has 3 aromatic rings. The molecule has 6 rings (SSSR count). The normalized spacial score (nSPS) is 28.6. The van der Waals surface area contributed by atoms with E-state index in [0.29, 0.717) is 12.4 Å². The van der Waals surface area contributed by atoms with Crippen LogP contribution < -0.4 is 10.2 Å². The predicted octanol–water partition coefficient (Wildman–Crippen LogP) is 3.27. The van der Waals surface area contributed by atoms with Crippen LogP contribution in [0.5, 0.6) is 0 Å². The van der Waals surface area contributed by atoms with Crippen molar-refractivity contribution in [3.63, 3.8) is 0 Å². The Morgan fingerprint density at radius 2 is 2.00 bits per heavy atom. The Hall–Kier alpha value is -3.04. The van der Waals surface area contributed by atoms with Crippen molar-refractivity contribution >= 4 is 28.2 Å². The number of aryl methyl sites for hydroxylation is 2. The van der Waals surface area contributed by atoms with Crippen molar-refractivity contribution in [1.82, 2.24) is 19.7 Å².